The molecule has 1 aromatic heterocycles. The van der Waals surface area contributed by atoms with Gasteiger partial charge in [-0.3, -0.25) is 0 Å². The van der Waals surface area contributed by atoms with E-state index >= 15 is 0 Å². The van der Waals surface area contributed by atoms with Gasteiger partial charge in [-0.1, -0.05) is 18.2 Å². The Morgan fingerprint density at radius 1 is 1.35 bits per heavy atom. The van der Waals surface area contributed by atoms with Crippen LogP contribution in [0.15, 0.2) is 35.1 Å². The fourth-order valence-electron chi connectivity index (χ4n) is 1.61. The summed E-state index contributed by atoms with van der Waals surface area (Å²) in [6.45, 7) is 1.59. The second kappa shape index (κ2) is 4.10. The van der Waals surface area contributed by atoms with Crippen molar-refractivity contribution >= 4 is 5.82 Å². The molecule has 2 aromatic rings. The van der Waals surface area contributed by atoms with Gasteiger partial charge in [0.05, 0.1) is 11.4 Å². The molecular formula is C12H10N4O. The van der Waals surface area contributed by atoms with Crippen molar-refractivity contribution in [2.45, 2.75) is 6.92 Å². The number of nitriles is 1. The average Bonchev–Trinajstić information content (AvgIpc) is 2.30. The van der Waals surface area contributed by atoms with Crippen LogP contribution in [-0.2, 0) is 0 Å². The van der Waals surface area contributed by atoms with Crippen LogP contribution in [0.2, 0.25) is 0 Å². The van der Waals surface area contributed by atoms with Crippen molar-refractivity contribution in [3.63, 3.8) is 0 Å². The minimum Gasteiger partial charge on any atom is -0.384 e. The number of anilines is 1. The lowest BCUT2D eigenvalue weighted by atomic mass is 10.2. The molecular weight excluding hydrogens is 216 g/mol. The van der Waals surface area contributed by atoms with Crippen molar-refractivity contribution in [2.24, 2.45) is 0 Å². The van der Waals surface area contributed by atoms with E-state index in [2.05, 4.69) is 4.98 Å². The third kappa shape index (κ3) is 1.76. The first-order valence-electron chi connectivity index (χ1n) is 5.00. The van der Waals surface area contributed by atoms with Gasteiger partial charge in [-0.2, -0.15) is 10.2 Å². The number of nitrogen functional groups attached to an aromatic ring is 1. The van der Waals surface area contributed by atoms with Crippen LogP contribution in [0.1, 0.15) is 11.3 Å². The van der Waals surface area contributed by atoms with Crippen LogP contribution in [-0.4, -0.2) is 9.55 Å². The van der Waals surface area contributed by atoms with E-state index in [0.29, 0.717) is 11.4 Å². The molecule has 2 N–H and O–H groups in total. The number of benzene rings is 1. The topological polar surface area (TPSA) is 84.7 Å². The Bertz CT molecular complexity index is 653. The molecule has 5 nitrogen and oxygen atoms in total. The molecule has 0 radical (unpaired) electrons. The Morgan fingerprint density at radius 2 is 2.00 bits per heavy atom. The highest BCUT2D eigenvalue weighted by molar-refractivity contribution is 5.55. The van der Waals surface area contributed by atoms with Crippen molar-refractivity contribution in [2.75, 3.05) is 5.73 Å². The van der Waals surface area contributed by atoms with Gasteiger partial charge in [0.1, 0.15) is 17.5 Å². The third-order valence-corrected chi connectivity index (χ3v) is 2.44. The van der Waals surface area contributed by atoms with Crippen LogP contribution in [0.5, 0.6) is 0 Å². The Labute approximate surface area is 97.8 Å². The van der Waals surface area contributed by atoms with Crippen LogP contribution in [0.4, 0.5) is 5.82 Å². The van der Waals surface area contributed by atoms with Crippen molar-refractivity contribution in [1.82, 2.24) is 9.55 Å². The lowest BCUT2D eigenvalue weighted by Crippen LogP contribution is -2.26. The second-order valence-corrected chi connectivity index (χ2v) is 3.52. The number of aryl methyl sites for hydroxylation is 1. The van der Waals surface area contributed by atoms with Crippen molar-refractivity contribution in [1.29, 1.82) is 5.26 Å². The Morgan fingerprint density at radius 3 is 2.59 bits per heavy atom. The summed E-state index contributed by atoms with van der Waals surface area (Å²) in [7, 11) is 0. The monoisotopic (exact) mass is 226 g/mol. The molecule has 5 heteroatoms. The summed E-state index contributed by atoms with van der Waals surface area (Å²) in [6, 6.07) is 10.8. The number of nitrogens with two attached hydrogens (primary N) is 1. The van der Waals surface area contributed by atoms with Gasteiger partial charge >= 0.3 is 5.69 Å². The first kappa shape index (κ1) is 10.9. The highest BCUT2D eigenvalue weighted by Gasteiger charge is 2.12. The number of rotatable bonds is 1. The standard InChI is InChI=1S/C12H10N4O/c1-8-10(7-13)11(14)16(12(17)15-8)9-5-3-2-4-6-9/h2-6H,14H2,1H3. The van der Waals surface area contributed by atoms with E-state index in [1.165, 1.54) is 4.57 Å². The molecule has 0 fully saturated rings. The molecule has 17 heavy (non-hydrogen) atoms. The van der Waals surface area contributed by atoms with Gasteiger partial charge in [0, 0.05) is 0 Å². The van der Waals surface area contributed by atoms with E-state index in [1.807, 2.05) is 12.1 Å². The van der Waals surface area contributed by atoms with E-state index in [4.69, 9.17) is 11.0 Å². The van der Waals surface area contributed by atoms with Gasteiger partial charge in [-0.05, 0) is 19.1 Å². The first-order valence-corrected chi connectivity index (χ1v) is 5.00. The van der Waals surface area contributed by atoms with E-state index < -0.39 is 5.69 Å². The molecule has 0 bridgehead atoms. The number of hydrogen-bond donors (Lipinski definition) is 1. The summed E-state index contributed by atoms with van der Waals surface area (Å²) in [6.07, 6.45) is 0. The molecule has 84 valence electrons. The highest BCUT2D eigenvalue weighted by Crippen LogP contribution is 2.15. The Hall–Kier alpha value is -2.61. The Balaban J connectivity index is 2.81. The van der Waals surface area contributed by atoms with Crippen molar-refractivity contribution in [3.8, 4) is 11.8 Å². The predicted octanol–water partition coefficient (Wildman–Crippen LogP) is 0.995. The van der Waals surface area contributed by atoms with E-state index in [0.717, 1.165) is 0 Å². The molecule has 1 heterocycles. The minimum atomic E-state index is -0.481. The quantitative estimate of drug-likeness (QED) is 0.785. The second-order valence-electron chi connectivity index (χ2n) is 3.52. The first-order chi connectivity index (χ1) is 8.15. The zero-order chi connectivity index (χ0) is 12.4. The van der Waals surface area contributed by atoms with Crippen molar-refractivity contribution < 1.29 is 0 Å². The lowest BCUT2D eigenvalue weighted by molar-refractivity contribution is 0.900. The zero-order valence-corrected chi connectivity index (χ0v) is 9.21. The van der Waals surface area contributed by atoms with Crippen LogP contribution < -0.4 is 11.4 Å². The maximum absolute atomic E-state index is 11.8. The summed E-state index contributed by atoms with van der Waals surface area (Å²) >= 11 is 0. The number of para-hydroxylation sites is 1. The van der Waals surface area contributed by atoms with Gasteiger partial charge in [0.25, 0.3) is 0 Å². The number of hydrogen-bond acceptors (Lipinski definition) is 4. The molecule has 0 saturated heterocycles. The lowest BCUT2D eigenvalue weighted by Gasteiger charge is -2.10. The smallest absolute Gasteiger partial charge is 0.354 e. The van der Waals surface area contributed by atoms with Gasteiger partial charge in [-0.25, -0.2) is 9.36 Å². The van der Waals surface area contributed by atoms with Crippen LogP contribution in [0, 0.1) is 18.3 Å². The summed E-state index contributed by atoms with van der Waals surface area (Å²) in [5, 5.41) is 8.98. The maximum atomic E-state index is 11.8. The Kier molecular flexibility index (Phi) is 2.63. The zero-order valence-electron chi connectivity index (χ0n) is 9.21. The SMILES string of the molecule is Cc1nc(=O)n(-c2ccccc2)c(N)c1C#N. The molecule has 0 spiro atoms. The number of aromatic nitrogens is 2. The van der Waals surface area contributed by atoms with E-state index in [1.54, 1.807) is 31.2 Å². The molecule has 0 amide bonds. The normalized spacial score (nSPS) is 9.88. The molecule has 0 unspecified atom stereocenters. The summed E-state index contributed by atoms with van der Waals surface area (Å²) in [5.74, 6) is 0.121. The number of nitrogens with zero attached hydrogens (tertiary/aromatic N) is 3. The van der Waals surface area contributed by atoms with Gasteiger partial charge < -0.3 is 5.73 Å². The minimum absolute atomic E-state index is 0.121. The highest BCUT2D eigenvalue weighted by atomic mass is 16.1. The fraction of sp³-hybridized carbons (Fsp3) is 0.0833. The molecule has 0 saturated carbocycles. The van der Waals surface area contributed by atoms with Crippen LogP contribution >= 0.6 is 0 Å². The van der Waals surface area contributed by atoms with Gasteiger partial charge in [-0.15, -0.1) is 0 Å². The van der Waals surface area contributed by atoms with Gasteiger partial charge in [0.2, 0.25) is 0 Å². The predicted molar refractivity (Wildman–Crippen MR) is 63.7 cm³/mol. The fourth-order valence-corrected chi connectivity index (χ4v) is 1.61. The summed E-state index contributed by atoms with van der Waals surface area (Å²) in [4.78, 5) is 15.6. The molecule has 0 aliphatic heterocycles. The summed E-state index contributed by atoms with van der Waals surface area (Å²) < 4.78 is 1.23. The molecule has 1 aromatic carbocycles. The third-order valence-electron chi connectivity index (χ3n) is 2.44. The van der Waals surface area contributed by atoms with Crippen LogP contribution in [0.3, 0.4) is 0 Å². The average molecular weight is 226 g/mol. The van der Waals surface area contributed by atoms with E-state index in [-0.39, 0.29) is 11.4 Å². The largest absolute Gasteiger partial charge is 0.384 e. The summed E-state index contributed by atoms with van der Waals surface area (Å²) in [5.41, 5.74) is 6.52. The van der Waals surface area contributed by atoms with Crippen LogP contribution in [0.25, 0.3) is 5.69 Å². The van der Waals surface area contributed by atoms with E-state index in [9.17, 15) is 4.79 Å². The van der Waals surface area contributed by atoms with Crippen molar-refractivity contribution in [3.05, 3.63) is 52.1 Å². The molecule has 2 rings (SSSR count). The molecule has 0 aliphatic rings. The van der Waals surface area contributed by atoms with Gasteiger partial charge in [0.15, 0.2) is 0 Å². The molecule has 0 atom stereocenters. The maximum Gasteiger partial charge on any atom is 0.354 e. The molecule has 0 aliphatic carbocycles.